The summed E-state index contributed by atoms with van der Waals surface area (Å²) in [7, 11) is 0. The fourth-order valence-electron chi connectivity index (χ4n) is 0.638. The van der Waals surface area contributed by atoms with Crippen molar-refractivity contribution in [2.24, 2.45) is 0 Å². The summed E-state index contributed by atoms with van der Waals surface area (Å²) in [5.74, 6) is -0.158. The Labute approximate surface area is 59.1 Å². The Morgan fingerprint density at radius 2 is 2.60 bits per heavy atom. The fourth-order valence-corrected chi connectivity index (χ4v) is 0.638. The Bertz CT molecular complexity index is 213. The number of rotatable bonds is 2. The lowest BCUT2D eigenvalue weighted by atomic mass is 10.4. The number of aromatic nitrogens is 1. The molecule has 1 aromatic rings. The first-order valence-electron chi connectivity index (χ1n) is 3.10. The van der Waals surface area contributed by atoms with Crippen molar-refractivity contribution in [1.29, 1.82) is 0 Å². The van der Waals surface area contributed by atoms with Gasteiger partial charge in [0.2, 0.25) is 0 Å². The highest BCUT2D eigenvalue weighted by molar-refractivity contribution is 5.34. The zero-order valence-corrected chi connectivity index (χ0v) is 5.69. The molecule has 0 aliphatic heterocycles. The van der Waals surface area contributed by atoms with Crippen LogP contribution in [0.1, 0.15) is 6.92 Å². The molecule has 0 aromatic carbocycles. The van der Waals surface area contributed by atoms with E-state index in [9.17, 15) is 4.39 Å². The first-order valence-corrected chi connectivity index (χ1v) is 3.10. The topological polar surface area (TPSA) is 24.9 Å². The molecule has 0 amide bonds. The monoisotopic (exact) mass is 139 g/mol. The average Bonchev–Trinajstić information content (AvgIpc) is 1.94. The van der Waals surface area contributed by atoms with Gasteiger partial charge < -0.3 is 5.32 Å². The predicted molar refractivity (Wildman–Crippen MR) is 37.2 cm³/mol. The smallest absolute Gasteiger partial charge is 0.173 e. The number of hydrogen-bond donors (Lipinski definition) is 1. The molecule has 0 aliphatic rings. The molecule has 1 radical (unpaired) electrons. The van der Waals surface area contributed by atoms with Crippen molar-refractivity contribution in [2.45, 2.75) is 6.92 Å². The first-order chi connectivity index (χ1) is 4.84. The van der Waals surface area contributed by atoms with E-state index in [0.29, 0.717) is 6.54 Å². The summed E-state index contributed by atoms with van der Waals surface area (Å²) in [6.45, 7) is 2.55. The van der Waals surface area contributed by atoms with Crippen LogP contribution in [-0.2, 0) is 0 Å². The van der Waals surface area contributed by atoms with Gasteiger partial charge >= 0.3 is 0 Å². The second-order valence-corrected chi connectivity index (χ2v) is 1.78. The van der Waals surface area contributed by atoms with E-state index >= 15 is 0 Å². The van der Waals surface area contributed by atoms with Gasteiger partial charge in [-0.2, -0.15) is 0 Å². The second kappa shape index (κ2) is 3.15. The minimum Gasteiger partial charge on any atom is -0.368 e. The van der Waals surface area contributed by atoms with Gasteiger partial charge in [-0.1, -0.05) is 0 Å². The maximum Gasteiger partial charge on any atom is 0.173 e. The van der Waals surface area contributed by atoms with E-state index in [2.05, 4.69) is 16.4 Å². The van der Waals surface area contributed by atoms with E-state index in [1.807, 2.05) is 6.92 Å². The van der Waals surface area contributed by atoms with Crippen LogP contribution in [0.4, 0.5) is 10.2 Å². The van der Waals surface area contributed by atoms with Crippen LogP contribution in [-0.4, -0.2) is 11.5 Å². The van der Waals surface area contributed by atoms with E-state index < -0.39 is 5.82 Å². The van der Waals surface area contributed by atoms with Gasteiger partial charge in [0.25, 0.3) is 0 Å². The van der Waals surface area contributed by atoms with E-state index in [1.54, 1.807) is 0 Å². The highest BCUT2D eigenvalue weighted by atomic mass is 19.1. The van der Waals surface area contributed by atoms with Gasteiger partial charge in [0, 0.05) is 18.8 Å². The van der Waals surface area contributed by atoms with Crippen LogP contribution in [0.3, 0.4) is 0 Å². The molecule has 0 fully saturated rings. The Morgan fingerprint density at radius 1 is 1.80 bits per heavy atom. The molecule has 1 N–H and O–H groups in total. The number of pyridine rings is 1. The van der Waals surface area contributed by atoms with Crippen molar-refractivity contribution in [1.82, 2.24) is 4.98 Å². The number of anilines is 1. The molecular formula is C7H8FN2. The molecule has 0 atom stereocenters. The summed E-state index contributed by atoms with van der Waals surface area (Å²) >= 11 is 0. The van der Waals surface area contributed by atoms with Gasteiger partial charge in [-0.15, -0.1) is 0 Å². The van der Waals surface area contributed by atoms with Crippen LogP contribution in [0.5, 0.6) is 0 Å². The molecule has 1 rings (SSSR count). The molecule has 2 nitrogen and oxygen atoms in total. The maximum atomic E-state index is 12.6. The zero-order chi connectivity index (χ0) is 7.40. The largest absolute Gasteiger partial charge is 0.368 e. The van der Waals surface area contributed by atoms with E-state index in [-0.39, 0.29) is 5.82 Å². The molecule has 0 unspecified atom stereocenters. The lowest BCUT2D eigenvalue weighted by Crippen LogP contribution is -2.01. The molecule has 0 saturated heterocycles. The highest BCUT2D eigenvalue weighted by Crippen LogP contribution is 2.06. The predicted octanol–water partition coefficient (Wildman–Crippen LogP) is 1.45. The SMILES string of the molecule is CCNc1ncc[c]c1F. The average molecular weight is 139 g/mol. The lowest BCUT2D eigenvalue weighted by Gasteiger charge is -2.00. The van der Waals surface area contributed by atoms with Crippen molar-refractivity contribution >= 4 is 5.82 Å². The van der Waals surface area contributed by atoms with Crippen LogP contribution in [0.2, 0.25) is 0 Å². The molecular weight excluding hydrogens is 131 g/mol. The van der Waals surface area contributed by atoms with Gasteiger partial charge in [-0.25, -0.2) is 9.37 Å². The zero-order valence-electron chi connectivity index (χ0n) is 5.69. The van der Waals surface area contributed by atoms with Crippen LogP contribution >= 0.6 is 0 Å². The fraction of sp³-hybridized carbons (Fsp3) is 0.286. The van der Waals surface area contributed by atoms with E-state index in [0.717, 1.165) is 0 Å². The number of nitrogens with one attached hydrogen (secondary N) is 1. The molecule has 0 aliphatic carbocycles. The van der Waals surface area contributed by atoms with Gasteiger partial charge in [-0.3, -0.25) is 0 Å². The summed E-state index contributed by atoms with van der Waals surface area (Å²) in [5, 5.41) is 2.76. The van der Waals surface area contributed by atoms with Crippen molar-refractivity contribution in [2.75, 3.05) is 11.9 Å². The summed E-state index contributed by atoms with van der Waals surface area (Å²) in [6, 6.07) is 3.83. The van der Waals surface area contributed by atoms with E-state index in [4.69, 9.17) is 0 Å². The van der Waals surface area contributed by atoms with Crippen LogP contribution < -0.4 is 5.32 Å². The molecule has 1 heterocycles. The maximum absolute atomic E-state index is 12.6. The normalized spacial score (nSPS) is 9.40. The third-order valence-corrected chi connectivity index (χ3v) is 1.04. The van der Waals surface area contributed by atoms with Crippen molar-refractivity contribution in [3.05, 3.63) is 24.1 Å². The van der Waals surface area contributed by atoms with Crippen molar-refractivity contribution in [3.63, 3.8) is 0 Å². The molecule has 0 spiro atoms. The molecule has 0 saturated carbocycles. The molecule has 53 valence electrons. The molecule has 10 heavy (non-hydrogen) atoms. The summed E-state index contributed by atoms with van der Waals surface area (Å²) in [4.78, 5) is 3.75. The van der Waals surface area contributed by atoms with Gasteiger partial charge in [0.1, 0.15) is 0 Å². The van der Waals surface area contributed by atoms with Gasteiger partial charge in [-0.05, 0) is 13.0 Å². The standard InChI is InChI=1S/C7H8FN2/c1-2-9-7-6(8)4-3-5-10-7/h3,5H,2H2,1H3,(H,9,10). The quantitative estimate of drug-likeness (QED) is 0.670. The Balaban J connectivity index is 2.81. The van der Waals surface area contributed by atoms with Gasteiger partial charge in [0.05, 0.1) is 0 Å². The van der Waals surface area contributed by atoms with Crippen LogP contribution in [0, 0.1) is 11.9 Å². The first kappa shape index (κ1) is 6.99. The Hall–Kier alpha value is -1.12. The van der Waals surface area contributed by atoms with Crippen molar-refractivity contribution in [3.8, 4) is 0 Å². The number of hydrogen-bond acceptors (Lipinski definition) is 2. The Kier molecular flexibility index (Phi) is 2.20. The summed E-state index contributed by atoms with van der Waals surface area (Å²) < 4.78 is 12.6. The summed E-state index contributed by atoms with van der Waals surface area (Å²) in [6.07, 6.45) is 1.50. The lowest BCUT2D eigenvalue weighted by molar-refractivity contribution is 0.622. The molecule has 1 aromatic heterocycles. The molecule has 3 heteroatoms. The second-order valence-electron chi connectivity index (χ2n) is 1.78. The minimum absolute atomic E-state index is 0.269. The Morgan fingerprint density at radius 3 is 3.20 bits per heavy atom. The van der Waals surface area contributed by atoms with Gasteiger partial charge in [0.15, 0.2) is 11.6 Å². The third-order valence-electron chi connectivity index (χ3n) is 1.04. The minimum atomic E-state index is -0.427. The highest BCUT2D eigenvalue weighted by Gasteiger charge is 1.97. The van der Waals surface area contributed by atoms with Crippen LogP contribution in [0.25, 0.3) is 0 Å². The molecule has 0 bridgehead atoms. The number of nitrogens with zero attached hydrogens (tertiary/aromatic N) is 1. The van der Waals surface area contributed by atoms with Crippen molar-refractivity contribution < 1.29 is 4.39 Å². The summed E-state index contributed by atoms with van der Waals surface area (Å²) in [5.41, 5.74) is 0. The number of halogens is 1. The third kappa shape index (κ3) is 1.43. The van der Waals surface area contributed by atoms with E-state index in [1.165, 1.54) is 12.3 Å². The van der Waals surface area contributed by atoms with Crippen LogP contribution in [0.15, 0.2) is 12.3 Å².